The topological polar surface area (TPSA) is 41.7 Å². The van der Waals surface area contributed by atoms with Crippen LogP contribution < -0.4 is 5.73 Å². The van der Waals surface area contributed by atoms with Crippen LogP contribution in [0.15, 0.2) is 0 Å². The summed E-state index contributed by atoms with van der Waals surface area (Å²) in [5.41, 5.74) is 5.59. The molecule has 1 aliphatic rings. The van der Waals surface area contributed by atoms with Crippen molar-refractivity contribution >= 4 is 0 Å². The smallest absolute Gasteiger partial charge is 0.0618 e. The molecule has 96 valence electrons. The van der Waals surface area contributed by atoms with E-state index in [1.807, 2.05) is 0 Å². The molecule has 0 aliphatic carbocycles. The van der Waals surface area contributed by atoms with Crippen LogP contribution in [-0.4, -0.2) is 69.3 Å². The summed E-state index contributed by atoms with van der Waals surface area (Å²) >= 11 is 0. The maximum atomic E-state index is 5.59. The molecule has 0 amide bonds. The van der Waals surface area contributed by atoms with Crippen LogP contribution in [0.2, 0.25) is 0 Å². The highest BCUT2D eigenvalue weighted by Crippen LogP contribution is 2.11. The average molecular weight is 229 g/mol. The van der Waals surface area contributed by atoms with Gasteiger partial charge in [0.15, 0.2) is 0 Å². The molecule has 0 aromatic carbocycles. The molecule has 0 saturated carbocycles. The van der Waals surface area contributed by atoms with Gasteiger partial charge in [-0.1, -0.05) is 0 Å². The largest absolute Gasteiger partial charge is 0.383 e. The lowest BCUT2D eigenvalue weighted by atomic mass is 10.1. The number of hydrogen-bond donors (Lipinski definition) is 1. The molecule has 1 heterocycles. The van der Waals surface area contributed by atoms with Crippen molar-refractivity contribution in [1.82, 2.24) is 9.80 Å². The van der Waals surface area contributed by atoms with Crippen LogP contribution >= 0.6 is 0 Å². The molecule has 0 aromatic rings. The zero-order chi connectivity index (χ0) is 11.8. The highest BCUT2D eigenvalue weighted by molar-refractivity contribution is 4.75. The van der Waals surface area contributed by atoms with E-state index >= 15 is 0 Å². The number of nitrogens with two attached hydrogens (primary N) is 1. The van der Waals surface area contributed by atoms with Gasteiger partial charge in [-0.15, -0.1) is 0 Å². The summed E-state index contributed by atoms with van der Waals surface area (Å²) in [6.45, 7) is 6.37. The second-order valence-corrected chi connectivity index (χ2v) is 4.73. The maximum absolute atomic E-state index is 5.59. The summed E-state index contributed by atoms with van der Waals surface area (Å²) in [6, 6.07) is 0.556. The van der Waals surface area contributed by atoms with Crippen LogP contribution in [0.5, 0.6) is 0 Å². The fraction of sp³-hybridized carbons (Fsp3) is 1.00. The minimum atomic E-state index is 0.556. The standard InChI is InChI=1S/C12H27N3O/c1-14-7-4-8-15(10-9-14)12(11-16-2)5-3-6-13/h12H,3-11,13H2,1-2H3. The maximum Gasteiger partial charge on any atom is 0.0618 e. The molecular formula is C12H27N3O. The van der Waals surface area contributed by atoms with Gasteiger partial charge in [0.2, 0.25) is 0 Å². The molecule has 0 bridgehead atoms. The molecule has 1 saturated heterocycles. The van der Waals surface area contributed by atoms with E-state index in [1.165, 1.54) is 26.1 Å². The zero-order valence-electron chi connectivity index (χ0n) is 10.8. The fourth-order valence-electron chi connectivity index (χ4n) is 2.35. The first kappa shape index (κ1) is 13.9. The normalized spacial score (nSPS) is 21.9. The molecular weight excluding hydrogens is 202 g/mol. The third-order valence-electron chi connectivity index (χ3n) is 3.37. The molecule has 0 spiro atoms. The second kappa shape index (κ2) is 8.01. The van der Waals surface area contributed by atoms with Gasteiger partial charge in [-0.25, -0.2) is 0 Å². The Morgan fingerprint density at radius 3 is 2.75 bits per heavy atom. The Labute approximate surface area is 99.7 Å². The van der Waals surface area contributed by atoms with Gasteiger partial charge in [0.1, 0.15) is 0 Å². The monoisotopic (exact) mass is 229 g/mol. The highest BCUT2D eigenvalue weighted by atomic mass is 16.5. The van der Waals surface area contributed by atoms with E-state index in [2.05, 4.69) is 16.8 Å². The lowest BCUT2D eigenvalue weighted by molar-refractivity contribution is 0.0865. The molecule has 0 aromatic heterocycles. The molecule has 1 aliphatic heterocycles. The van der Waals surface area contributed by atoms with Gasteiger partial charge in [0.05, 0.1) is 6.61 Å². The Morgan fingerprint density at radius 2 is 2.06 bits per heavy atom. The summed E-state index contributed by atoms with van der Waals surface area (Å²) in [4.78, 5) is 4.98. The van der Waals surface area contributed by atoms with E-state index in [9.17, 15) is 0 Å². The predicted molar refractivity (Wildman–Crippen MR) is 67.6 cm³/mol. The van der Waals surface area contributed by atoms with E-state index in [-0.39, 0.29) is 0 Å². The van der Waals surface area contributed by atoms with Gasteiger partial charge < -0.3 is 15.4 Å². The predicted octanol–water partition coefficient (Wildman–Crippen LogP) is 0.378. The van der Waals surface area contributed by atoms with Gasteiger partial charge in [-0.3, -0.25) is 4.90 Å². The number of methoxy groups -OCH3 is 1. The lowest BCUT2D eigenvalue weighted by Gasteiger charge is -2.30. The minimum Gasteiger partial charge on any atom is -0.383 e. The average Bonchev–Trinajstić information content (AvgIpc) is 2.49. The van der Waals surface area contributed by atoms with E-state index in [0.29, 0.717) is 6.04 Å². The van der Waals surface area contributed by atoms with Gasteiger partial charge in [-0.05, 0) is 45.9 Å². The van der Waals surface area contributed by atoms with Crippen molar-refractivity contribution in [2.24, 2.45) is 5.73 Å². The quantitative estimate of drug-likeness (QED) is 0.715. The summed E-state index contributed by atoms with van der Waals surface area (Å²) in [7, 11) is 3.99. The fourth-order valence-corrected chi connectivity index (χ4v) is 2.35. The van der Waals surface area contributed by atoms with Gasteiger partial charge in [0.25, 0.3) is 0 Å². The molecule has 4 heteroatoms. The Morgan fingerprint density at radius 1 is 1.25 bits per heavy atom. The van der Waals surface area contributed by atoms with Crippen LogP contribution in [0.4, 0.5) is 0 Å². The molecule has 2 N–H and O–H groups in total. The lowest BCUT2D eigenvalue weighted by Crippen LogP contribution is -2.41. The minimum absolute atomic E-state index is 0.556. The summed E-state index contributed by atoms with van der Waals surface area (Å²) in [5.74, 6) is 0. The first-order chi connectivity index (χ1) is 7.77. The first-order valence-corrected chi connectivity index (χ1v) is 6.39. The molecule has 0 radical (unpaired) electrons. The Balaban J connectivity index is 2.41. The Hall–Kier alpha value is -0.160. The van der Waals surface area contributed by atoms with Crippen molar-refractivity contribution in [2.75, 3.05) is 53.5 Å². The Kier molecular flexibility index (Phi) is 6.96. The summed E-state index contributed by atoms with van der Waals surface area (Å²) in [5, 5.41) is 0. The number of rotatable bonds is 6. The van der Waals surface area contributed by atoms with Crippen LogP contribution in [0.25, 0.3) is 0 Å². The summed E-state index contributed by atoms with van der Waals surface area (Å²) in [6.07, 6.45) is 3.52. The van der Waals surface area contributed by atoms with Crippen LogP contribution in [-0.2, 0) is 4.74 Å². The van der Waals surface area contributed by atoms with Crippen molar-refractivity contribution < 1.29 is 4.74 Å². The first-order valence-electron chi connectivity index (χ1n) is 6.39. The zero-order valence-corrected chi connectivity index (χ0v) is 10.8. The van der Waals surface area contributed by atoms with Gasteiger partial charge >= 0.3 is 0 Å². The Bertz CT molecular complexity index is 176. The van der Waals surface area contributed by atoms with Crippen molar-refractivity contribution in [1.29, 1.82) is 0 Å². The number of nitrogens with zero attached hydrogens (tertiary/aromatic N) is 2. The van der Waals surface area contributed by atoms with Gasteiger partial charge in [-0.2, -0.15) is 0 Å². The van der Waals surface area contributed by atoms with Crippen molar-refractivity contribution in [3.8, 4) is 0 Å². The molecule has 16 heavy (non-hydrogen) atoms. The molecule has 1 atom stereocenters. The molecule has 1 rings (SSSR count). The van der Waals surface area contributed by atoms with Crippen molar-refractivity contribution in [2.45, 2.75) is 25.3 Å². The molecule has 1 unspecified atom stereocenters. The van der Waals surface area contributed by atoms with Crippen LogP contribution in [0.3, 0.4) is 0 Å². The van der Waals surface area contributed by atoms with E-state index in [1.54, 1.807) is 7.11 Å². The second-order valence-electron chi connectivity index (χ2n) is 4.73. The van der Waals surface area contributed by atoms with Crippen LogP contribution in [0.1, 0.15) is 19.3 Å². The van der Waals surface area contributed by atoms with E-state index in [0.717, 1.165) is 32.5 Å². The van der Waals surface area contributed by atoms with Crippen molar-refractivity contribution in [3.63, 3.8) is 0 Å². The van der Waals surface area contributed by atoms with E-state index < -0.39 is 0 Å². The third kappa shape index (κ3) is 4.78. The van der Waals surface area contributed by atoms with Gasteiger partial charge in [0, 0.05) is 26.2 Å². The number of likely N-dealkylation sites (N-methyl/N-ethyl adjacent to an activating group) is 1. The molecule has 1 fully saturated rings. The SMILES string of the molecule is COCC(CCCN)N1CCCN(C)CC1. The number of ether oxygens (including phenoxy) is 1. The van der Waals surface area contributed by atoms with E-state index in [4.69, 9.17) is 10.5 Å². The highest BCUT2D eigenvalue weighted by Gasteiger charge is 2.20. The number of hydrogen-bond acceptors (Lipinski definition) is 4. The third-order valence-corrected chi connectivity index (χ3v) is 3.37. The van der Waals surface area contributed by atoms with Crippen LogP contribution in [0, 0.1) is 0 Å². The molecule has 4 nitrogen and oxygen atoms in total. The van der Waals surface area contributed by atoms with Crippen molar-refractivity contribution in [3.05, 3.63) is 0 Å². The summed E-state index contributed by atoms with van der Waals surface area (Å²) < 4.78 is 5.33.